The first kappa shape index (κ1) is 11.6. The summed E-state index contributed by atoms with van der Waals surface area (Å²) in [4.78, 5) is 22.4. The minimum atomic E-state index is -0.429. The molecular formula is C12H8N2O2. The molecule has 1 rings (SSSR count). The normalized spacial score (nSPS) is 8.94. The van der Waals surface area contributed by atoms with E-state index in [9.17, 15) is 9.59 Å². The van der Waals surface area contributed by atoms with E-state index in [1.54, 1.807) is 0 Å². The summed E-state index contributed by atoms with van der Waals surface area (Å²) in [5, 5.41) is 17.6. The maximum absolute atomic E-state index is 11.6. The minimum absolute atomic E-state index is 0.0382. The van der Waals surface area contributed by atoms with Crippen LogP contribution < -0.4 is 0 Å². The fourth-order valence-corrected chi connectivity index (χ4v) is 1.32. The molecule has 4 heteroatoms. The summed E-state index contributed by atoms with van der Waals surface area (Å²) >= 11 is 0. The predicted octanol–water partition coefficient (Wildman–Crippen LogP) is 1.59. The molecule has 0 heterocycles. The highest BCUT2D eigenvalue weighted by Gasteiger charge is 2.15. The fraction of sp³-hybridized carbons (Fsp3) is 0.167. The number of rotatable bonds is 3. The van der Waals surface area contributed by atoms with E-state index < -0.39 is 5.78 Å². The molecule has 0 bridgehead atoms. The van der Waals surface area contributed by atoms with E-state index in [1.165, 1.54) is 25.1 Å². The molecule has 0 aliphatic rings. The van der Waals surface area contributed by atoms with Gasteiger partial charge in [-0.1, -0.05) is 6.07 Å². The van der Waals surface area contributed by atoms with E-state index in [2.05, 4.69) is 0 Å². The van der Waals surface area contributed by atoms with Crippen LogP contribution in [0.5, 0.6) is 0 Å². The highest BCUT2D eigenvalue weighted by molar-refractivity contribution is 6.08. The average molecular weight is 212 g/mol. The number of carbonyl (C=O) groups excluding carboxylic acids is 2. The molecule has 0 aliphatic carbocycles. The van der Waals surface area contributed by atoms with Gasteiger partial charge in [-0.2, -0.15) is 10.5 Å². The smallest absolute Gasteiger partial charge is 0.171 e. The van der Waals surface area contributed by atoms with Gasteiger partial charge in [0.05, 0.1) is 17.5 Å². The fourth-order valence-electron chi connectivity index (χ4n) is 1.32. The van der Waals surface area contributed by atoms with Crippen molar-refractivity contribution in [3.63, 3.8) is 0 Å². The number of ketones is 2. The average Bonchev–Trinajstić information content (AvgIpc) is 2.26. The van der Waals surface area contributed by atoms with Crippen LogP contribution in [0, 0.1) is 22.7 Å². The van der Waals surface area contributed by atoms with Crippen LogP contribution in [0.3, 0.4) is 0 Å². The van der Waals surface area contributed by atoms with Gasteiger partial charge in [0.25, 0.3) is 0 Å². The van der Waals surface area contributed by atoms with E-state index >= 15 is 0 Å². The van der Waals surface area contributed by atoms with Gasteiger partial charge in [0, 0.05) is 5.56 Å². The third kappa shape index (κ3) is 2.31. The zero-order valence-electron chi connectivity index (χ0n) is 8.65. The Morgan fingerprint density at radius 3 is 2.44 bits per heavy atom. The van der Waals surface area contributed by atoms with Crippen LogP contribution in [0.2, 0.25) is 0 Å². The molecule has 0 fully saturated rings. The largest absolute Gasteiger partial charge is 0.300 e. The molecule has 0 saturated carbocycles. The third-order valence-electron chi connectivity index (χ3n) is 2.01. The van der Waals surface area contributed by atoms with E-state index in [1.807, 2.05) is 12.1 Å². The summed E-state index contributed by atoms with van der Waals surface area (Å²) < 4.78 is 0. The summed E-state index contributed by atoms with van der Waals surface area (Å²) in [6.07, 6.45) is -0.246. The van der Waals surface area contributed by atoms with Gasteiger partial charge in [-0.3, -0.25) is 9.59 Å². The van der Waals surface area contributed by atoms with Crippen molar-refractivity contribution in [3.05, 3.63) is 34.9 Å². The van der Waals surface area contributed by atoms with Crippen molar-refractivity contribution in [3.8, 4) is 12.1 Å². The standard InChI is InChI=1S/C12H8N2O2/c1-8(15)5-12(16)10-4-2-3-9(6-13)11(10)7-14/h2-4H,5H2,1H3. The van der Waals surface area contributed by atoms with Crippen LogP contribution in [0.4, 0.5) is 0 Å². The Morgan fingerprint density at radius 1 is 1.25 bits per heavy atom. The van der Waals surface area contributed by atoms with Crippen molar-refractivity contribution in [2.75, 3.05) is 0 Å². The van der Waals surface area contributed by atoms with Gasteiger partial charge in [-0.15, -0.1) is 0 Å². The van der Waals surface area contributed by atoms with Crippen LogP contribution >= 0.6 is 0 Å². The summed E-state index contributed by atoms with van der Waals surface area (Å²) in [6, 6.07) is 8.08. The Bertz CT molecular complexity index is 533. The highest BCUT2D eigenvalue weighted by Crippen LogP contribution is 2.15. The monoisotopic (exact) mass is 212 g/mol. The SMILES string of the molecule is CC(=O)CC(=O)c1cccc(C#N)c1C#N. The Labute approximate surface area is 92.7 Å². The third-order valence-corrected chi connectivity index (χ3v) is 2.01. The van der Waals surface area contributed by atoms with Gasteiger partial charge < -0.3 is 0 Å². The molecule has 16 heavy (non-hydrogen) atoms. The van der Waals surface area contributed by atoms with Crippen LogP contribution in [-0.4, -0.2) is 11.6 Å². The molecule has 4 nitrogen and oxygen atoms in total. The number of carbonyl (C=O) groups is 2. The van der Waals surface area contributed by atoms with Gasteiger partial charge >= 0.3 is 0 Å². The van der Waals surface area contributed by atoms with Gasteiger partial charge in [0.1, 0.15) is 17.9 Å². The van der Waals surface area contributed by atoms with E-state index in [4.69, 9.17) is 10.5 Å². The van der Waals surface area contributed by atoms with Crippen LogP contribution in [0.25, 0.3) is 0 Å². The van der Waals surface area contributed by atoms with Gasteiger partial charge in [0.15, 0.2) is 5.78 Å². The molecule has 78 valence electrons. The predicted molar refractivity (Wildman–Crippen MR) is 55.5 cm³/mol. The van der Waals surface area contributed by atoms with Crippen LogP contribution in [-0.2, 0) is 4.79 Å². The molecule has 0 amide bonds. The lowest BCUT2D eigenvalue weighted by atomic mass is 9.97. The first-order valence-electron chi connectivity index (χ1n) is 4.56. The Balaban J connectivity index is 3.26. The molecule has 0 atom stereocenters. The summed E-state index contributed by atoms with van der Waals surface area (Å²) in [6.45, 7) is 1.30. The lowest BCUT2D eigenvalue weighted by molar-refractivity contribution is -0.116. The minimum Gasteiger partial charge on any atom is -0.300 e. The molecule has 0 unspecified atom stereocenters. The molecule has 0 spiro atoms. The van der Waals surface area contributed by atoms with Crippen molar-refractivity contribution in [1.29, 1.82) is 10.5 Å². The molecule has 0 radical (unpaired) electrons. The van der Waals surface area contributed by atoms with Gasteiger partial charge in [0.2, 0.25) is 0 Å². The summed E-state index contributed by atoms with van der Waals surface area (Å²) in [5.41, 5.74) is 0.324. The van der Waals surface area contributed by atoms with E-state index in [0.29, 0.717) is 0 Å². The second-order valence-corrected chi connectivity index (χ2v) is 3.25. The van der Waals surface area contributed by atoms with E-state index in [-0.39, 0.29) is 28.9 Å². The molecule has 1 aromatic carbocycles. The Hall–Kier alpha value is -2.46. The Morgan fingerprint density at radius 2 is 1.94 bits per heavy atom. The molecule has 0 saturated heterocycles. The summed E-state index contributed by atoms with van der Waals surface area (Å²) in [5.74, 6) is -0.697. The second kappa shape index (κ2) is 4.86. The van der Waals surface area contributed by atoms with Crippen molar-refractivity contribution in [2.24, 2.45) is 0 Å². The van der Waals surface area contributed by atoms with Gasteiger partial charge in [-0.25, -0.2) is 0 Å². The lowest BCUT2D eigenvalue weighted by Crippen LogP contribution is -2.07. The van der Waals surface area contributed by atoms with Crippen molar-refractivity contribution < 1.29 is 9.59 Å². The molecular weight excluding hydrogens is 204 g/mol. The number of hydrogen-bond acceptors (Lipinski definition) is 4. The zero-order chi connectivity index (χ0) is 12.1. The number of Topliss-reactive ketones (excluding diaryl/α,β-unsaturated/α-hetero) is 2. The first-order chi connectivity index (χ1) is 7.60. The molecule has 0 aliphatic heterocycles. The maximum atomic E-state index is 11.6. The maximum Gasteiger partial charge on any atom is 0.171 e. The number of nitriles is 2. The lowest BCUT2D eigenvalue weighted by Gasteiger charge is -2.02. The highest BCUT2D eigenvalue weighted by atomic mass is 16.1. The van der Waals surface area contributed by atoms with E-state index in [0.717, 1.165) is 0 Å². The molecule has 0 N–H and O–H groups in total. The quantitative estimate of drug-likeness (QED) is 0.562. The van der Waals surface area contributed by atoms with Crippen LogP contribution in [0.1, 0.15) is 34.8 Å². The van der Waals surface area contributed by atoms with Crippen molar-refractivity contribution in [2.45, 2.75) is 13.3 Å². The molecule has 0 aromatic heterocycles. The number of benzene rings is 1. The second-order valence-electron chi connectivity index (χ2n) is 3.25. The number of nitrogens with zero attached hydrogens (tertiary/aromatic N) is 2. The topological polar surface area (TPSA) is 81.7 Å². The van der Waals surface area contributed by atoms with Crippen LogP contribution in [0.15, 0.2) is 18.2 Å². The first-order valence-corrected chi connectivity index (χ1v) is 4.56. The molecule has 1 aromatic rings. The zero-order valence-corrected chi connectivity index (χ0v) is 8.65. The Kier molecular flexibility index (Phi) is 3.53. The number of hydrogen-bond donors (Lipinski definition) is 0. The van der Waals surface area contributed by atoms with Crippen molar-refractivity contribution in [1.82, 2.24) is 0 Å². The summed E-state index contributed by atoms with van der Waals surface area (Å²) in [7, 11) is 0. The van der Waals surface area contributed by atoms with Gasteiger partial charge in [-0.05, 0) is 19.1 Å². The van der Waals surface area contributed by atoms with Crippen molar-refractivity contribution >= 4 is 11.6 Å².